The summed E-state index contributed by atoms with van der Waals surface area (Å²) in [5.41, 5.74) is 4.30. The van der Waals surface area contributed by atoms with Crippen LogP contribution in [0.25, 0.3) is 11.0 Å². The average Bonchev–Trinajstić information content (AvgIpc) is 3.51. The molecule has 1 atom stereocenters. The number of benzene rings is 3. The van der Waals surface area contributed by atoms with Crippen LogP contribution in [0.1, 0.15) is 30.5 Å². The highest BCUT2D eigenvalue weighted by Crippen LogP contribution is 2.45. The molecule has 208 valence electrons. The maximum absolute atomic E-state index is 13.4. The van der Waals surface area contributed by atoms with Crippen LogP contribution in [-0.4, -0.2) is 47.3 Å². The first-order valence-electron chi connectivity index (χ1n) is 12.7. The van der Waals surface area contributed by atoms with Gasteiger partial charge in [-0.3, -0.25) is 0 Å². The molecule has 1 aliphatic rings. The quantitative estimate of drug-likeness (QED) is 0.267. The van der Waals surface area contributed by atoms with Gasteiger partial charge in [-0.1, -0.05) is 6.07 Å². The van der Waals surface area contributed by atoms with Gasteiger partial charge in [0.1, 0.15) is 16.8 Å². The number of carbonyl (C=O) groups excluding carboxylic acids is 1. The summed E-state index contributed by atoms with van der Waals surface area (Å²) < 4.78 is 36.8. The van der Waals surface area contributed by atoms with Crippen molar-refractivity contribution in [3.63, 3.8) is 0 Å². The van der Waals surface area contributed by atoms with Crippen LogP contribution >= 0.6 is 11.7 Å². The van der Waals surface area contributed by atoms with Gasteiger partial charge in [-0.15, -0.1) is 0 Å². The van der Waals surface area contributed by atoms with Gasteiger partial charge in [-0.25, -0.2) is 4.79 Å². The number of aliphatic hydroxyl groups is 1. The van der Waals surface area contributed by atoms with Crippen molar-refractivity contribution in [2.24, 2.45) is 0 Å². The Hall–Kier alpha value is -4.15. The SMILES string of the molecule is COc1ccc(C2(O)OC(=O)C(Cc3ccc4nsnc4c3)=C2Cc2cc(OC)c(OC(C)C)c(OC)c2)cc1. The highest BCUT2D eigenvalue weighted by molar-refractivity contribution is 7.00. The molecule has 0 saturated heterocycles. The van der Waals surface area contributed by atoms with Crippen molar-refractivity contribution >= 4 is 28.7 Å². The molecule has 5 rings (SSSR count). The predicted molar refractivity (Wildman–Crippen MR) is 150 cm³/mol. The molecule has 3 aromatic carbocycles. The molecule has 1 N–H and O–H groups in total. The van der Waals surface area contributed by atoms with Gasteiger partial charge in [0.25, 0.3) is 5.79 Å². The highest BCUT2D eigenvalue weighted by atomic mass is 32.1. The fraction of sp³-hybridized carbons (Fsp3) is 0.300. The molecular formula is C30H30N2O7S. The number of hydrogen-bond donors (Lipinski definition) is 1. The van der Waals surface area contributed by atoms with Crippen molar-refractivity contribution in [3.05, 3.63) is 82.4 Å². The van der Waals surface area contributed by atoms with E-state index < -0.39 is 11.8 Å². The van der Waals surface area contributed by atoms with E-state index in [9.17, 15) is 9.90 Å². The van der Waals surface area contributed by atoms with E-state index in [0.717, 1.165) is 33.9 Å². The summed E-state index contributed by atoms with van der Waals surface area (Å²) in [5.74, 6) is -0.535. The second kappa shape index (κ2) is 11.1. The Labute approximate surface area is 236 Å². The maximum atomic E-state index is 13.4. The number of rotatable bonds is 10. The number of carbonyl (C=O) groups is 1. The molecule has 1 aromatic heterocycles. The molecule has 0 aliphatic carbocycles. The first kappa shape index (κ1) is 27.4. The number of esters is 1. The zero-order chi connectivity index (χ0) is 28.4. The minimum atomic E-state index is -1.99. The third-order valence-electron chi connectivity index (χ3n) is 6.70. The molecule has 0 amide bonds. The lowest BCUT2D eigenvalue weighted by molar-refractivity contribution is -0.186. The van der Waals surface area contributed by atoms with Crippen molar-refractivity contribution in [1.29, 1.82) is 0 Å². The zero-order valence-corrected chi connectivity index (χ0v) is 23.7. The molecule has 0 radical (unpaired) electrons. The summed E-state index contributed by atoms with van der Waals surface area (Å²) in [5, 5.41) is 12.0. The number of ether oxygens (including phenoxy) is 5. The van der Waals surface area contributed by atoms with Crippen molar-refractivity contribution in [3.8, 4) is 23.0 Å². The largest absolute Gasteiger partial charge is 0.497 e. The second-order valence-corrected chi connectivity index (χ2v) is 10.2. The number of fused-ring (bicyclic) bond motifs is 1. The van der Waals surface area contributed by atoms with E-state index in [1.807, 2.05) is 44.2 Å². The number of hydrogen-bond acceptors (Lipinski definition) is 10. The Kier molecular flexibility index (Phi) is 7.64. The summed E-state index contributed by atoms with van der Waals surface area (Å²) in [6.45, 7) is 3.83. The third kappa shape index (κ3) is 5.20. The fourth-order valence-electron chi connectivity index (χ4n) is 4.77. The molecular weight excluding hydrogens is 532 g/mol. The molecule has 2 heterocycles. The Balaban J connectivity index is 1.62. The van der Waals surface area contributed by atoms with Gasteiger partial charge < -0.3 is 28.8 Å². The molecule has 0 fully saturated rings. The standard InChI is InChI=1S/C30H30N2O7S/c1-17(2)38-28-26(36-4)15-19(16-27(28)37-5)13-23-22(12-18-6-11-24-25(14-18)32-40-31-24)29(33)39-30(23,34)20-7-9-21(35-3)10-8-20/h6-11,14-17,34H,12-13H2,1-5H3. The molecule has 0 saturated carbocycles. The van der Waals surface area contributed by atoms with Crippen LogP contribution in [0.5, 0.6) is 23.0 Å². The molecule has 0 spiro atoms. The lowest BCUT2D eigenvalue weighted by Crippen LogP contribution is -2.29. The number of aromatic nitrogens is 2. The smallest absolute Gasteiger partial charge is 0.337 e. The van der Waals surface area contributed by atoms with E-state index in [1.165, 1.54) is 0 Å². The Morgan fingerprint density at radius 3 is 2.17 bits per heavy atom. The van der Waals surface area contributed by atoms with Crippen LogP contribution in [-0.2, 0) is 28.2 Å². The van der Waals surface area contributed by atoms with Crippen LogP contribution < -0.4 is 18.9 Å². The Bertz CT molecular complexity index is 1550. The van der Waals surface area contributed by atoms with Crippen molar-refractivity contribution in [2.75, 3.05) is 21.3 Å². The third-order valence-corrected chi connectivity index (χ3v) is 7.25. The van der Waals surface area contributed by atoms with Crippen LogP contribution in [0.3, 0.4) is 0 Å². The summed E-state index contributed by atoms with van der Waals surface area (Å²) in [4.78, 5) is 13.4. The van der Waals surface area contributed by atoms with Gasteiger partial charge in [0.2, 0.25) is 5.75 Å². The van der Waals surface area contributed by atoms with E-state index in [2.05, 4.69) is 8.75 Å². The van der Waals surface area contributed by atoms with Crippen LogP contribution in [0, 0.1) is 0 Å². The van der Waals surface area contributed by atoms with Crippen molar-refractivity contribution in [2.45, 2.75) is 38.6 Å². The average molecular weight is 563 g/mol. The van der Waals surface area contributed by atoms with Crippen LogP contribution in [0.2, 0.25) is 0 Å². The van der Waals surface area contributed by atoms with Crippen molar-refractivity contribution < 1.29 is 33.6 Å². The van der Waals surface area contributed by atoms with E-state index in [-0.39, 0.29) is 18.9 Å². The lowest BCUT2D eigenvalue weighted by Gasteiger charge is -2.26. The Morgan fingerprint density at radius 1 is 0.875 bits per heavy atom. The summed E-state index contributed by atoms with van der Waals surface area (Å²) in [6, 6.07) is 16.1. The summed E-state index contributed by atoms with van der Waals surface area (Å²) >= 11 is 1.13. The van der Waals surface area contributed by atoms with E-state index >= 15 is 0 Å². The van der Waals surface area contributed by atoms with Gasteiger partial charge in [0.15, 0.2) is 11.5 Å². The number of nitrogens with zero attached hydrogens (tertiary/aromatic N) is 2. The molecule has 10 heteroatoms. The first-order valence-corrected chi connectivity index (χ1v) is 13.4. The zero-order valence-electron chi connectivity index (χ0n) is 22.9. The Morgan fingerprint density at radius 2 is 1.55 bits per heavy atom. The maximum Gasteiger partial charge on any atom is 0.337 e. The normalized spacial score (nSPS) is 16.9. The van der Waals surface area contributed by atoms with Crippen LogP contribution in [0.4, 0.5) is 0 Å². The number of methoxy groups -OCH3 is 3. The van der Waals surface area contributed by atoms with Gasteiger partial charge in [0.05, 0.1) is 39.2 Å². The molecule has 9 nitrogen and oxygen atoms in total. The summed E-state index contributed by atoms with van der Waals surface area (Å²) in [7, 11) is 4.66. The molecule has 4 aromatic rings. The monoisotopic (exact) mass is 562 g/mol. The number of cyclic esters (lactones) is 1. The van der Waals surface area contributed by atoms with Gasteiger partial charge >= 0.3 is 5.97 Å². The minimum absolute atomic E-state index is 0.103. The molecule has 1 unspecified atom stereocenters. The van der Waals surface area contributed by atoms with E-state index in [1.54, 1.807) is 45.6 Å². The van der Waals surface area contributed by atoms with Crippen molar-refractivity contribution in [1.82, 2.24) is 8.75 Å². The fourth-order valence-corrected chi connectivity index (χ4v) is 5.29. The minimum Gasteiger partial charge on any atom is -0.497 e. The van der Waals surface area contributed by atoms with E-state index in [0.29, 0.717) is 39.7 Å². The first-order chi connectivity index (χ1) is 19.2. The van der Waals surface area contributed by atoms with Gasteiger partial charge in [-0.05, 0) is 73.5 Å². The topological polar surface area (TPSA) is 109 Å². The highest BCUT2D eigenvalue weighted by Gasteiger charge is 2.47. The molecule has 0 bridgehead atoms. The predicted octanol–water partition coefficient (Wildman–Crippen LogP) is 4.99. The van der Waals surface area contributed by atoms with E-state index in [4.69, 9.17) is 23.7 Å². The molecule has 40 heavy (non-hydrogen) atoms. The van der Waals surface area contributed by atoms with Gasteiger partial charge in [-0.2, -0.15) is 8.75 Å². The lowest BCUT2D eigenvalue weighted by atomic mass is 9.88. The van der Waals surface area contributed by atoms with Crippen LogP contribution in [0.15, 0.2) is 65.7 Å². The molecule has 1 aliphatic heterocycles. The summed E-state index contributed by atoms with van der Waals surface area (Å²) in [6.07, 6.45) is 0.316. The second-order valence-electron chi connectivity index (χ2n) is 9.66. The van der Waals surface area contributed by atoms with Gasteiger partial charge in [0, 0.05) is 29.6 Å².